The molecule has 0 saturated carbocycles. The van der Waals surface area contributed by atoms with Crippen molar-refractivity contribution in [1.29, 1.82) is 0 Å². The van der Waals surface area contributed by atoms with Gasteiger partial charge in [0.25, 0.3) is 0 Å². The molecule has 0 N–H and O–H groups in total. The van der Waals surface area contributed by atoms with Crippen molar-refractivity contribution in [2.24, 2.45) is 11.8 Å². The van der Waals surface area contributed by atoms with Crippen LogP contribution in [0.15, 0.2) is 0 Å². The molecule has 200 valence electrons. The highest BCUT2D eigenvalue weighted by Gasteiger charge is 2.04. The fourth-order valence-electron chi connectivity index (χ4n) is 5.41. The molecule has 0 aliphatic rings. The van der Waals surface area contributed by atoms with Crippen LogP contribution in [0.3, 0.4) is 0 Å². The second-order valence-electron chi connectivity index (χ2n) is 11.8. The summed E-state index contributed by atoms with van der Waals surface area (Å²) in [4.78, 5) is 0. The molecule has 33 heavy (non-hydrogen) atoms. The Bertz CT molecular complexity index is 333. The smallest absolute Gasteiger partial charge is 0.0443 e. The molecule has 2 atom stereocenters. The molecule has 0 aromatic carbocycles. The Hall–Kier alpha value is 0. The van der Waals surface area contributed by atoms with E-state index in [9.17, 15) is 0 Å². The Morgan fingerprint density at radius 2 is 0.455 bits per heavy atom. The highest BCUT2D eigenvalue weighted by molar-refractivity contribution is 4.58. The molecule has 0 saturated heterocycles. The normalized spacial score (nSPS) is 13.5. The quantitative estimate of drug-likeness (QED) is 0.101. The highest BCUT2D eigenvalue weighted by atomic mass is 14.1. The van der Waals surface area contributed by atoms with E-state index < -0.39 is 0 Å². The molecule has 0 radical (unpaired) electrons. The van der Waals surface area contributed by atoms with E-state index in [1.54, 1.807) is 0 Å². The Labute approximate surface area is 212 Å². The lowest BCUT2D eigenvalue weighted by atomic mass is 9.94. The molecule has 0 heterocycles. The first-order valence-electron chi connectivity index (χ1n) is 16.2. The summed E-state index contributed by atoms with van der Waals surface area (Å²) >= 11 is 0. The van der Waals surface area contributed by atoms with Crippen molar-refractivity contribution in [1.82, 2.24) is 0 Å². The minimum absolute atomic E-state index is 0.964. The van der Waals surface area contributed by atoms with Gasteiger partial charge in [0.1, 0.15) is 0 Å². The fourth-order valence-corrected chi connectivity index (χ4v) is 5.41. The molecule has 0 bridgehead atoms. The molecule has 0 aliphatic heterocycles. The van der Waals surface area contributed by atoms with E-state index in [0.29, 0.717) is 0 Å². The van der Waals surface area contributed by atoms with Crippen LogP contribution < -0.4 is 0 Å². The topological polar surface area (TPSA) is 0 Å². The molecule has 0 nitrogen and oxygen atoms in total. The van der Waals surface area contributed by atoms with Gasteiger partial charge in [-0.15, -0.1) is 0 Å². The van der Waals surface area contributed by atoms with Gasteiger partial charge in [0, 0.05) is 0 Å². The fraction of sp³-hybridized carbons (Fsp3) is 1.00. The lowest BCUT2D eigenvalue weighted by Crippen LogP contribution is -1.96. The molecular weight excluding hydrogens is 396 g/mol. The number of rotatable bonds is 28. The van der Waals surface area contributed by atoms with Gasteiger partial charge in [0.15, 0.2) is 0 Å². The van der Waals surface area contributed by atoms with Crippen molar-refractivity contribution >= 4 is 0 Å². The zero-order chi connectivity index (χ0) is 24.2. The largest absolute Gasteiger partial charge is 0.0654 e. The summed E-state index contributed by atoms with van der Waals surface area (Å²) in [6, 6.07) is 0. The van der Waals surface area contributed by atoms with Crippen molar-refractivity contribution in [2.75, 3.05) is 0 Å². The van der Waals surface area contributed by atoms with E-state index in [0.717, 1.165) is 11.8 Å². The number of hydrogen-bond donors (Lipinski definition) is 0. The zero-order valence-corrected chi connectivity index (χ0v) is 24.2. The summed E-state index contributed by atoms with van der Waals surface area (Å²) in [6.07, 6.45) is 39.6. The number of hydrogen-bond acceptors (Lipinski definition) is 0. The maximum Gasteiger partial charge on any atom is -0.0443 e. The van der Waals surface area contributed by atoms with Crippen LogP contribution in [0, 0.1) is 11.8 Å². The monoisotopic (exact) mass is 465 g/mol. The molecule has 0 amide bonds. The Morgan fingerprint density at radius 1 is 0.273 bits per heavy atom. The minimum Gasteiger partial charge on any atom is -0.0654 e. The summed E-state index contributed by atoms with van der Waals surface area (Å²) in [5, 5.41) is 0. The van der Waals surface area contributed by atoms with E-state index in [1.165, 1.54) is 173 Å². The molecule has 0 fully saturated rings. The average molecular weight is 465 g/mol. The third kappa shape index (κ3) is 28.1. The minimum atomic E-state index is 0.964. The molecule has 2 unspecified atom stereocenters. The molecule has 0 aromatic heterocycles. The van der Waals surface area contributed by atoms with Gasteiger partial charge in [0.2, 0.25) is 0 Å². The van der Waals surface area contributed by atoms with Crippen LogP contribution in [-0.4, -0.2) is 0 Å². The van der Waals surface area contributed by atoms with Crippen LogP contribution in [0.25, 0.3) is 0 Å². The maximum absolute atomic E-state index is 2.50. The molecule has 0 heteroatoms. The van der Waals surface area contributed by atoms with Crippen LogP contribution in [-0.2, 0) is 0 Å². The standard InChI is InChI=1S/C33H68/c1-5-7-9-11-13-15-16-18-21-25-29-33(4)31-27-23-19-22-26-30-32(3)28-24-20-17-14-12-10-8-6-2/h32-33H,5-31H2,1-4H3. The summed E-state index contributed by atoms with van der Waals surface area (Å²) < 4.78 is 0. The maximum atomic E-state index is 2.50. The Morgan fingerprint density at radius 3 is 0.667 bits per heavy atom. The van der Waals surface area contributed by atoms with Gasteiger partial charge < -0.3 is 0 Å². The van der Waals surface area contributed by atoms with E-state index in [4.69, 9.17) is 0 Å². The van der Waals surface area contributed by atoms with Gasteiger partial charge in [0.05, 0.1) is 0 Å². The van der Waals surface area contributed by atoms with Crippen molar-refractivity contribution in [2.45, 2.75) is 201 Å². The average Bonchev–Trinajstić information content (AvgIpc) is 2.81. The second kappa shape index (κ2) is 28.2. The molecular formula is C33H68. The van der Waals surface area contributed by atoms with Gasteiger partial charge in [-0.05, 0) is 11.8 Å². The van der Waals surface area contributed by atoms with Crippen LogP contribution in [0.4, 0.5) is 0 Å². The van der Waals surface area contributed by atoms with Gasteiger partial charge in [-0.3, -0.25) is 0 Å². The van der Waals surface area contributed by atoms with E-state index in [-0.39, 0.29) is 0 Å². The summed E-state index contributed by atoms with van der Waals surface area (Å²) in [5.74, 6) is 1.93. The summed E-state index contributed by atoms with van der Waals surface area (Å²) in [6.45, 7) is 9.61. The van der Waals surface area contributed by atoms with Gasteiger partial charge in [-0.1, -0.05) is 201 Å². The van der Waals surface area contributed by atoms with Crippen molar-refractivity contribution in [3.05, 3.63) is 0 Å². The van der Waals surface area contributed by atoms with Crippen LogP contribution in [0.1, 0.15) is 201 Å². The SMILES string of the molecule is CCCCCCCCCCCCC(C)CCCCCCCC(C)CCCCCCCCCC. The van der Waals surface area contributed by atoms with Crippen LogP contribution in [0.5, 0.6) is 0 Å². The van der Waals surface area contributed by atoms with Crippen LogP contribution in [0.2, 0.25) is 0 Å². The number of unbranched alkanes of at least 4 members (excludes halogenated alkanes) is 20. The van der Waals surface area contributed by atoms with Crippen molar-refractivity contribution in [3.8, 4) is 0 Å². The molecule has 0 aromatic rings. The Balaban J connectivity index is 3.24. The lowest BCUT2D eigenvalue weighted by molar-refractivity contribution is 0.416. The van der Waals surface area contributed by atoms with Gasteiger partial charge in [-0.2, -0.15) is 0 Å². The lowest BCUT2D eigenvalue weighted by Gasteiger charge is -2.12. The summed E-state index contributed by atoms with van der Waals surface area (Å²) in [7, 11) is 0. The first kappa shape index (κ1) is 33.0. The first-order valence-corrected chi connectivity index (χ1v) is 16.2. The Kier molecular flexibility index (Phi) is 28.2. The predicted octanol–water partition coefficient (Wildman–Crippen LogP) is 12.8. The third-order valence-electron chi connectivity index (χ3n) is 7.99. The molecule has 0 aliphatic carbocycles. The summed E-state index contributed by atoms with van der Waals surface area (Å²) in [5.41, 5.74) is 0. The highest BCUT2D eigenvalue weighted by Crippen LogP contribution is 2.21. The van der Waals surface area contributed by atoms with Gasteiger partial charge in [-0.25, -0.2) is 0 Å². The zero-order valence-electron chi connectivity index (χ0n) is 24.2. The molecule has 0 rings (SSSR count). The van der Waals surface area contributed by atoms with E-state index >= 15 is 0 Å². The van der Waals surface area contributed by atoms with Crippen molar-refractivity contribution in [3.63, 3.8) is 0 Å². The van der Waals surface area contributed by atoms with Crippen molar-refractivity contribution < 1.29 is 0 Å². The van der Waals surface area contributed by atoms with E-state index in [1.807, 2.05) is 0 Å². The van der Waals surface area contributed by atoms with Crippen LogP contribution >= 0.6 is 0 Å². The van der Waals surface area contributed by atoms with Gasteiger partial charge >= 0.3 is 0 Å². The third-order valence-corrected chi connectivity index (χ3v) is 7.99. The first-order chi connectivity index (χ1) is 16.2. The second-order valence-corrected chi connectivity index (χ2v) is 11.8. The predicted molar refractivity (Wildman–Crippen MR) is 154 cm³/mol. The van der Waals surface area contributed by atoms with E-state index in [2.05, 4.69) is 27.7 Å². The molecule has 0 spiro atoms.